The maximum absolute atomic E-state index is 11.8. The fraction of sp³-hybridized carbons (Fsp3) is 0.300. The summed E-state index contributed by atoms with van der Waals surface area (Å²) in [6, 6.07) is 12.2. The van der Waals surface area contributed by atoms with Crippen molar-refractivity contribution in [1.29, 1.82) is 0 Å². The third kappa shape index (κ3) is 3.64. The molecule has 0 fully saturated rings. The Kier molecular flexibility index (Phi) is 5.11. The van der Waals surface area contributed by atoms with Crippen LogP contribution in [-0.4, -0.2) is 42.6 Å². The fourth-order valence-corrected chi connectivity index (χ4v) is 2.81. The minimum absolute atomic E-state index is 0.0956. The number of carbonyl (C=O) groups excluding carboxylic acids is 1. The van der Waals surface area contributed by atoms with E-state index in [0.717, 1.165) is 34.0 Å². The predicted octanol–water partition coefficient (Wildman–Crippen LogP) is 3.35. The van der Waals surface area contributed by atoms with Gasteiger partial charge in [-0.2, -0.15) is 0 Å². The van der Waals surface area contributed by atoms with Gasteiger partial charge in [0.2, 0.25) is 0 Å². The zero-order valence-corrected chi connectivity index (χ0v) is 15.6. The van der Waals surface area contributed by atoms with Gasteiger partial charge in [0.15, 0.2) is 0 Å². The van der Waals surface area contributed by atoms with Crippen molar-refractivity contribution in [2.75, 3.05) is 37.5 Å². The van der Waals surface area contributed by atoms with E-state index < -0.39 is 0 Å². The van der Waals surface area contributed by atoms with Crippen molar-refractivity contribution < 1.29 is 9.53 Å². The number of hydrogen-bond donors (Lipinski definition) is 1. The molecule has 6 nitrogen and oxygen atoms in total. The van der Waals surface area contributed by atoms with Crippen molar-refractivity contribution in [3.05, 3.63) is 48.2 Å². The third-order valence-corrected chi connectivity index (χ3v) is 4.13. The molecular formula is C20H24N4O2. The Bertz CT molecular complexity index is 913. The van der Waals surface area contributed by atoms with Crippen LogP contribution in [0.2, 0.25) is 0 Å². The molecule has 0 aliphatic rings. The van der Waals surface area contributed by atoms with Gasteiger partial charge in [-0.05, 0) is 37.6 Å². The predicted molar refractivity (Wildman–Crippen MR) is 105 cm³/mol. The summed E-state index contributed by atoms with van der Waals surface area (Å²) >= 11 is 0. The van der Waals surface area contributed by atoms with Crippen LogP contribution >= 0.6 is 0 Å². The molecule has 0 aliphatic carbocycles. The van der Waals surface area contributed by atoms with Crippen molar-refractivity contribution in [2.45, 2.75) is 13.8 Å². The molecule has 0 saturated carbocycles. The fourth-order valence-electron chi connectivity index (χ4n) is 2.81. The van der Waals surface area contributed by atoms with E-state index in [1.165, 1.54) is 0 Å². The summed E-state index contributed by atoms with van der Waals surface area (Å²) in [5.74, 6) is 0.498. The number of benzene rings is 1. The number of imidazole rings is 1. The second kappa shape index (κ2) is 7.47. The molecule has 3 aromatic rings. The molecule has 0 saturated heterocycles. The summed E-state index contributed by atoms with van der Waals surface area (Å²) in [5.41, 5.74) is 4.86. The number of aromatic nitrogens is 2. The van der Waals surface area contributed by atoms with Gasteiger partial charge in [0.05, 0.1) is 6.61 Å². The molecule has 0 spiro atoms. The number of hydrogen-bond acceptors (Lipinski definition) is 5. The first-order valence-corrected chi connectivity index (χ1v) is 8.65. The van der Waals surface area contributed by atoms with E-state index in [2.05, 4.69) is 22.3 Å². The Morgan fingerprint density at radius 3 is 2.58 bits per heavy atom. The number of nitrogens with one attached hydrogen (secondary N) is 1. The van der Waals surface area contributed by atoms with E-state index in [4.69, 9.17) is 9.72 Å². The molecule has 2 heterocycles. The highest BCUT2D eigenvalue weighted by Crippen LogP contribution is 2.30. The molecule has 136 valence electrons. The summed E-state index contributed by atoms with van der Waals surface area (Å²) in [6.07, 6.45) is 2.01. The quantitative estimate of drug-likeness (QED) is 0.690. The lowest BCUT2D eigenvalue weighted by molar-refractivity contribution is -0.140. The first-order valence-electron chi connectivity index (χ1n) is 8.65. The van der Waals surface area contributed by atoms with Gasteiger partial charge in [-0.3, -0.25) is 9.20 Å². The van der Waals surface area contributed by atoms with E-state index in [1.54, 1.807) is 6.92 Å². The largest absolute Gasteiger partial charge is 0.465 e. The number of carbonyl (C=O) groups is 1. The second-order valence-electron chi connectivity index (χ2n) is 6.34. The molecule has 1 aromatic carbocycles. The van der Waals surface area contributed by atoms with Crippen molar-refractivity contribution in [2.24, 2.45) is 0 Å². The molecule has 26 heavy (non-hydrogen) atoms. The van der Waals surface area contributed by atoms with Gasteiger partial charge < -0.3 is 15.0 Å². The van der Waals surface area contributed by atoms with Crippen LogP contribution in [0.4, 0.5) is 11.5 Å². The van der Waals surface area contributed by atoms with Crippen LogP contribution in [0.5, 0.6) is 0 Å². The molecule has 0 bridgehead atoms. The molecule has 0 atom stereocenters. The molecular weight excluding hydrogens is 328 g/mol. The van der Waals surface area contributed by atoms with Gasteiger partial charge in [0, 0.05) is 31.5 Å². The SMILES string of the molecule is CCOC(=O)CNc1c(-c2ccc(N(C)C)cc2)nc2ccc(C)cn12. The average molecular weight is 352 g/mol. The number of aryl methyl sites for hydroxylation is 1. The molecule has 0 radical (unpaired) electrons. The van der Waals surface area contributed by atoms with Crippen LogP contribution in [0, 0.1) is 6.92 Å². The molecule has 2 aromatic heterocycles. The van der Waals surface area contributed by atoms with Crippen LogP contribution in [0.25, 0.3) is 16.9 Å². The number of nitrogens with zero attached hydrogens (tertiary/aromatic N) is 3. The Balaban J connectivity index is 2.02. The van der Waals surface area contributed by atoms with Gasteiger partial charge in [-0.25, -0.2) is 4.98 Å². The number of anilines is 2. The van der Waals surface area contributed by atoms with Gasteiger partial charge in [-0.1, -0.05) is 18.2 Å². The lowest BCUT2D eigenvalue weighted by atomic mass is 10.1. The monoisotopic (exact) mass is 352 g/mol. The van der Waals surface area contributed by atoms with Crippen molar-refractivity contribution in [3.63, 3.8) is 0 Å². The molecule has 6 heteroatoms. The van der Waals surface area contributed by atoms with Gasteiger partial charge >= 0.3 is 5.97 Å². The molecule has 1 N–H and O–H groups in total. The van der Waals surface area contributed by atoms with Crippen molar-refractivity contribution >= 4 is 23.1 Å². The minimum atomic E-state index is -0.288. The van der Waals surface area contributed by atoms with Crippen LogP contribution < -0.4 is 10.2 Å². The van der Waals surface area contributed by atoms with Crippen LogP contribution in [-0.2, 0) is 9.53 Å². The van der Waals surface area contributed by atoms with Gasteiger partial charge in [0.1, 0.15) is 23.7 Å². The Hall–Kier alpha value is -3.02. The molecule has 0 unspecified atom stereocenters. The smallest absolute Gasteiger partial charge is 0.325 e. The van der Waals surface area contributed by atoms with E-state index >= 15 is 0 Å². The summed E-state index contributed by atoms with van der Waals surface area (Å²) in [7, 11) is 4.02. The average Bonchev–Trinajstić information content (AvgIpc) is 2.98. The third-order valence-electron chi connectivity index (χ3n) is 4.13. The topological polar surface area (TPSA) is 58.9 Å². The second-order valence-corrected chi connectivity index (χ2v) is 6.34. The van der Waals surface area contributed by atoms with Crippen LogP contribution in [0.3, 0.4) is 0 Å². The van der Waals surface area contributed by atoms with Gasteiger partial charge in [0.25, 0.3) is 0 Å². The molecule has 0 aliphatic heterocycles. The number of fused-ring (bicyclic) bond motifs is 1. The molecule has 3 rings (SSSR count). The first-order chi connectivity index (χ1) is 12.5. The molecule has 0 amide bonds. The van der Waals surface area contributed by atoms with Crippen molar-refractivity contribution in [1.82, 2.24) is 9.38 Å². The zero-order chi connectivity index (χ0) is 18.7. The van der Waals surface area contributed by atoms with E-state index in [9.17, 15) is 4.79 Å². The van der Waals surface area contributed by atoms with E-state index in [1.807, 2.05) is 55.9 Å². The minimum Gasteiger partial charge on any atom is -0.465 e. The first kappa shape index (κ1) is 17.8. The Morgan fingerprint density at radius 1 is 1.19 bits per heavy atom. The maximum atomic E-state index is 11.8. The summed E-state index contributed by atoms with van der Waals surface area (Å²) in [4.78, 5) is 18.6. The Labute approximate surface area is 153 Å². The van der Waals surface area contributed by atoms with Crippen molar-refractivity contribution in [3.8, 4) is 11.3 Å². The lowest BCUT2D eigenvalue weighted by Crippen LogP contribution is -2.18. The Morgan fingerprint density at radius 2 is 1.92 bits per heavy atom. The van der Waals surface area contributed by atoms with Gasteiger partial charge in [-0.15, -0.1) is 0 Å². The standard InChI is InChI=1S/C20H24N4O2/c1-5-26-18(25)12-21-20-19(15-7-9-16(10-8-15)23(3)4)22-17-11-6-14(2)13-24(17)20/h6-11,13,21H,5,12H2,1-4H3. The van der Waals surface area contributed by atoms with Crippen LogP contribution in [0.1, 0.15) is 12.5 Å². The maximum Gasteiger partial charge on any atom is 0.325 e. The summed E-state index contributed by atoms with van der Waals surface area (Å²) < 4.78 is 7.00. The highest BCUT2D eigenvalue weighted by molar-refractivity contribution is 5.81. The highest BCUT2D eigenvalue weighted by Gasteiger charge is 2.15. The zero-order valence-electron chi connectivity index (χ0n) is 15.6. The van der Waals surface area contributed by atoms with Crippen LogP contribution in [0.15, 0.2) is 42.6 Å². The number of esters is 1. The van der Waals surface area contributed by atoms with E-state index in [-0.39, 0.29) is 12.5 Å². The summed E-state index contributed by atoms with van der Waals surface area (Å²) in [6.45, 7) is 4.29. The normalized spacial score (nSPS) is 10.8. The van der Waals surface area contributed by atoms with E-state index in [0.29, 0.717) is 6.61 Å². The number of ether oxygens (including phenoxy) is 1. The number of rotatable bonds is 6. The number of pyridine rings is 1. The summed E-state index contributed by atoms with van der Waals surface area (Å²) in [5, 5.41) is 3.20. The lowest BCUT2D eigenvalue weighted by Gasteiger charge is -2.13. The highest BCUT2D eigenvalue weighted by atomic mass is 16.5.